The third kappa shape index (κ3) is 2.01. The summed E-state index contributed by atoms with van der Waals surface area (Å²) >= 11 is 6.82. The normalized spacial score (nSPS) is 10.1. The first-order chi connectivity index (χ1) is 6.77. The van der Waals surface area contributed by atoms with E-state index >= 15 is 0 Å². The van der Waals surface area contributed by atoms with Crippen molar-refractivity contribution in [2.24, 2.45) is 0 Å². The van der Waals surface area contributed by atoms with Gasteiger partial charge in [-0.2, -0.15) is 0 Å². The Kier molecular flexibility index (Phi) is 2.93. The maximum absolute atomic E-state index is 5.56. The summed E-state index contributed by atoms with van der Waals surface area (Å²) in [4.78, 5) is 0. The third-order valence-corrected chi connectivity index (χ3v) is 3.65. The number of hydrogen-bond donors (Lipinski definition) is 0. The van der Waals surface area contributed by atoms with Crippen LogP contribution in [0.2, 0.25) is 0 Å². The predicted octanol–water partition coefficient (Wildman–Crippen LogP) is 4.60. The van der Waals surface area contributed by atoms with Gasteiger partial charge in [-0.25, -0.2) is 0 Å². The van der Waals surface area contributed by atoms with Gasteiger partial charge in [0, 0.05) is 10.5 Å². The molecule has 0 aliphatic carbocycles. The number of furan rings is 1. The van der Waals surface area contributed by atoms with Gasteiger partial charge in [0.25, 0.3) is 0 Å². The van der Waals surface area contributed by atoms with Gasteiger partial charge in [0.2, 0.25) is 0 Å². The first-order valence-corrected chi connectivity index (χ1v) is 5.50. The summed E-state index contributed by atoms with van der Waals surface area (Å²) in [6.45, 7) is 0. The van der Waals surface area contributed by atoms with Crippen LogP contribution in [-0.2, 0) is 0 Å². The minimum atomic E-state index is 0.684. The first kappa shape index (κ1) is 9.80. The second-order valence-corrected chi connectivity index (χ2v) is 4.26. The van der Waals surface area contributed by atoms with Crippen LogP contribution in [0.4, 0.5) is 0 Å². The largest absolute Gasteiger partial charge is 0.469 e. The van der Waals surface area contributed by atoms with E-state index in [2.05, 4.69) is 31.9 Å². The molecule has 2 nitrogen and oxygen atoms in total. The highest BCUT2D eigenvalue weighted by Gasteiger charge is 2.05. The third-order valence-electron chi connectivity index (χ3n) is 1.64. The molecule has 2 rings (SSSR count). The maximum atomic E-state index is 5.56. The van der Waals surface area contributed by atoms with Crippen molar-refractivity contribution in [2.45, 2.75) is 0 Å². The molecule has 0 radical (unpaired) electrons. The topological polar surface area (TPSA) is 22.4 Å². The number of benzene rings is 1. The maximum Gasteiger partial charge on any atom is 0.165 e. The fourth-order valence-corrected chi connectivity index (χ4v) is 1.69. The fraction of sp³-hybridized carbons (Fsp3) is 0. The van der Waals surface area contributed by atoms with E-state index in [9.17, 15) is 0 Å². The molecule has 72 valence electrons. The van der Waals surface area contributed by atoms with Gasteiger partial charge in [-0.1, -0.05) is 6.07 Å². The van der Waals surface area contributed by atoms with Crippen molar-refractivity contribution in [3.05, 3.63) is 45.7 Å². The lowest BCUT2D eigenvalue weighted by molar-refractivity contribution is 0.463. The zero-order valence-electron chi connectivity index (χ0n) is 7.04. The van der Waals surface area contributed by atoms with Gasteiger partial charge in [0.05, 0.1) is 10.7 Å². The average molecular weight is 318 g/mol. The molecule has 0 saturated carbocycles. The molecular formula is C10H6Br2O2. The van der Waals surface area contributed by atoms with Crippen LogP contribution < -0.4 is 4.74 Å². The Bertz CT molecular complexity index is 424. The zero-order valence-corrected chi connectivity index (χ0v) is 10.2. The van der Waals surface area contributed by atoms with E-state index in [1.165, 1.54) is 0 Å². The minimum absolute atomic E-state index is 0.684. The molecule has 1 aromatic carbocycles. The molecule has 1 aromatic heterocycles. The summed E-state index contributed by atoms with van der Waals surface area (Å²) in [7, 11) is 0. The summed E-state index contributed by atoms with van der Waals surface area (Å²) in [6.07, 6.45) is 3.12. The molecule has 0 atom stereocenters. The summed E-state index contributed by atoms with van der Waals surface area (Å²) in [5.74, 6) is 1.43. The monoisotopic (exact) mass is 316 g/mol. The molecule has 1 heterocycles. The Balaban J connectivity index is 2.29. The van der Waals surface area contributed by atoms with Gasteiger partial charge < -0.3 is 9.15 Å². The van der Waals surface area contributed by atoms with Crippen LogP contribution in [0, 0.1) is 0 Å². The lowest BCUT2D eigenvalue weighted by Gasteiger charge is -2.05. The average Bonchev–Trinajstić information content (AvgIpc) is 2.66. The lowest BCUT2D eigenvalue weighted by Crippen LogP contribution is -1.83. The Morgan fingerprint density at radius 3 is 2.71 bits per heavy atom. The molecule has 0 aliphatic heterocycles. The second-order valence-electron chi connectivity index (χ2n) is 2.61. The molecule has 0 N–H and O–H groups in total. The van der Waals surface area contributed by atoms with Gasteiger partial charge in [0.15, 0.2) is 5.75 Å². The van der Waals surface area contributed by atoms with Gasteiger partial charge in [0.1, 0.15) is 12.0 Å². The van der Waals surface area contributed by atoms with E-state index in [0.717, 1.165) is 14.7 Å². The summed E-state index contributed by atoms with van der Waals surface area (Å²) < 4.78 is 12.3. The SMILES string of the molecule is Brc1cccc(Oc2ccoc2)c1Br. The number of ether oxygens (including phenoxy) is 1. The highest BCUT2D eigenvalue weighted by Crippen LogP contribution is 2.35. The Hall–Kier alpha value is -0.740. The zero-order chi connectivity index (χ0) is 9.97. The Labute approximate surface area is 98.1 Å². The molecule has 0 spiro atoms. The fourth-order valence-electron chi connectivity index (χ4n) is 1.000. The van der Waals surface area contributed by atoms with Gasteiger partial charge in [-0.3, -0.25) is 0 Å². The highest BCUT2D eigenvalue weighted by molar-refractivity contribution is 9.13. The van der Waals surface area contributed by atoms with Crippen LogP contribution in [0.5, 0.6) is 11.5 Å². The predicted molar refractivity (Wildman–Crippen MR) is 60.6 cm³/mol. The standard InChI is InChI=1S/C10H6Br2O2/c11-8-2-1-3-9(10(8)12)14-7-4-5-13-6-7/h1-6H. The summed E-state index contributed by atoms with van der Waals surface area (Å²) in [5.41, 5.74) is 0. The van der Waals surface area contributed by atoms with Crippen molar-refractivity contribution in [1.29, 1.82) is 0 Å². The van der Waals surface area contributed by atoms with Crippen LogP contribution >= 0.6 is 31.9 Å². The molecule has 14 heavy (non-hydrogen) atoms. The smallest absolute Gasteiger partial charge is 0.165 e. The van der Waals surface area contributed by atoms with Gasteiger partial charge >= 0.3 is 0 Å². The van der Waals surface area contributed by atoms with Crippen molar-refractivity contribution in [2.75, 3.05) is 0 Å². The Morgan fingerprint density at radius 2 is 2.00 bits per heavy atom. The molecule has 0 aliphatic rings. The lowest BCUT2D eigenvalue weighted by atomic mass is 10.3. The number of rotatable bonds is 2. The van der Waals surface area contributed by atoms with Crippen LogP contribution in [-0.4, -0.2) is 0 Å². The quantitative estimate of drug-likeness (QED) is 0.808. The molecule has 2 aromatic rings. The van der Waals surface area contributed by atoms with Crippen molar-refractivity contribution >= 4 is 31.9 Å². The van der Waals surface area contributed by atoms with Crippen LogP contribution in [0.1, 0.15) is 0 Å². The number of hydrogen-bond acceptors (Lipinski definition) is 2. The molecule has 0 bridgehead atoms. The highest BCUT2D eigenvalue weighted by atomic mass is 79.9. The van der Waals surface area contributed by atoms with E-state index in [-0.39, 0.29) is 0 Å². The summed E-state index contributed by atoms with van der Waals surface area (Å²) in [5, 5.41) is 0. The van der Waals surface area contributed by atoms with Crippen LogP contribution in [0.15, 0.2) is 50.2 Å². The molecule has 0 unspecified atom stereocenters. The second kappa shape index (κ2) is 4.19. The molecule has 0 fully saturated rings. The van der Waals surface area contributed by atoms with Crippen LogP contribution in [0.25, 0.3) is 0 Å². The first-order valence-electron chi connectivity index (χ1n) is 3.91. The van der Waals surface area contributed by atoms with E-state index in [1.807, 2.05) is 18.2 Å². The minimum Gasteiger partial charge on any atom is -0.469 e. The van der Waals surface area contributed by atoms with Crippen molar-refractivity contribution in [3.8, 4) is 11.5 Å². The van der Waals surface area contributed by atoms with Crippen molar-refractivity contribution < 1.29 is 9.15 Å². The van der Waals surface area contributed by atoms with E-state index in [4.69, 9.17) is 9.15 Å². The van der Waals surface area contributed by atoms with Gasteiger partial charge in [-0.05, 0) is 44.0 Å². The van der Waals surface area contributed by atoms with E-state index < -0.39 is 0 Å². The molecule has 0 saturated heterocycles. The van der Waals surface area contributed by atoms with Crippen molar-refractivity contribution in [1.82, 2.24) is 0 Å². The van der Waals surface area contributed by atoms with Crippen LogP contribution in [0.3, 0.4) is 0 Å². The number of halogens is 2. The molecule has 4 heteroatoms. The van der Waals surface area contributed by atoms with E-state index in [0.29, 0.717) is 5.75 Å². The molecular weight excluding hydrogens is 312 g/mol. The summed E-state index contributed by atoms with van der Waals surface area (Å²) in [6, 6.07) is 7.48. The van der Waals surface area contributed by atoms with Crippen molar-refractivity contribution in [3.63, 3.8) is 0 Å². The van der Waals surface area contributed by atoms with E-state index in [1.54, 1.807) is 18.6 Å². The Morgan fingerprint density at radius 1 is 1.14 bits per heavy atom. The molecule has 0 amide bonds. The van der Waals surface area contributed by atoms with Gasteiger partial charge in [-0.15, -0.1) is 0 Å².